The van der Waals surface area contributed by atoms with Crippen LogP contribution in [0.15, 0.2) is 23.1 Å². The van der Waals surface area contributed by atoms with Gasteiger partial charge < -0.3 is 5.73 Å². The van der Waals surface area contributed by atoms with Crippen molar-refractivity contribution in [1.82, 2.24) is 4.31 Å². The molecule has 0 bridgehead atoms. The van der Waals surface area contributed by atoms with Gasteiger partial charge in [0.15, 0.2) is 0 Å². The maximum atomic E-state index is 12.6. The fraction of sp³-hybridized carbons (Fsp3) is 0.500. The molecule has 0 radical (unpaired) electrons. The van der Waals surface area contributed by atoms with Gasteiger partial charge in [-0.3, -0.25) is 0 Å². The quantitative estimate of drug-likeness (QED) is 0.905. The van der Waals surface area contributed by atoms with Crippen molar-refractivity contribution >= 4 is 10.0 Å². The lowest BCUT2D eigenvalue weighted by Crippen LogP contribution is -2.32. The van der Waals surface area contributed by atoms with Crippen LogP contribution in [-0.2, 0) is 16.2 Å². The van der Waals surface area contributed by atoms with Crippen LogP contribution >= 0.6 is 0 Å². The minimum atomic E-state index is -4.48. The molecule has 8 heteroatoms. The molecule has 1 fully saturated rings. The predicted molar refractivity (Wildman–Crippen MR) is 67.5 cm³/mol. The Kier molecular flexibility index (Phi) is 3.83. The summed E-state index contributed by atoms with van der Waals surface area (Å²) in [7, 11) is -3.78. The van der Waals surface area contributed by atoms with Crippen molar-refractivity contribution in [2.75, 3.05) is 13.1 Å². The van der Waals surface area contributed by atoms with Gasteiger partial charge in [-0.1, -0.05) is 0 Å². The Labute approximate surface area is 115 Å². The number of hydrogen-bond acceptors (Lipinski definition) is 3. The Morgan fingerprint density at radius 2 is 2.00 bits per heavy atom. The summed E-state index contributed by atoms with van der Waals surface area (Å²) in [5.74, 6) is 0. The molecule has 0 amide bonds. The van der Waals surface area contributed by atoms with Gasteiger partial charge in [0.05, 0.1) is 10.5 Å². The van der Waals surface area contributed by atoms with Gasteiger partial charge in [-0.15, -0.1) is 0 Å². The predicted octanol–water partition coefficient (Wildman–Crippen LogP) is 1.74. The third-order valence-corrected chi connectivity index (χ3v) is 5.33. The van der Waals surface area contributed by atoms with E-state index in [2.05, 4.69) is 0 Å². The van der Waals surface area contributed by atoms with Gasteiger partial charge in [-0.05, 0) is 37.1 Å². The lowest BCUT2D eigenvalue weighted by Gasteiger charge is -2.18. The average Bonchev–Trinajstić information content (AvgIpc) is 2.75. The van der Waals surface area contributed by atoms with Crippen molar-refractivity contribution in [3.8, 4) is 0 Å². The lowest BCUT2D eigenvalue weighted by molar-refractivity contribution is -0.137. The molecule has 20 heavy (non-hydrogen) atoms. The van der Waals surface area contributed by atoms with E-state index in [4.69, 9.17) is 5.73 Å². The van der Waals surface area contributed by atoms with Crippen LogP contribution in [0.3, 0.4) is 0 Å². The first-order valence-corrected chi connectivity index (χ1v) is 7.50. The molecule has 1 aromatic rings. The van der Waals surface area contributed by atoms with Crippen molar-refractivity contribution < 1.29 is 21.6 Å². The fourth-order valence-electron chi connectivity index (χ4n) is 2.23. The Hall–Kier alpha value is -1.12. The Bertz CT molecular complexity index is 614. The lowest BCUT2D eigenvalue weighted by atomic mass is 10.1. The second-order valence-electron chi connectivity index (χ2n) is 4.89. The van der Waals surface area contributed by atoms with Crippen LogP contribution in [0.1, 0.15) is 17.5 Å². The molecule has 0 aromatic heterocycles. The van der Waals surface area contributed by atoms with Gasteiger partial charge in [-0.2, -0.15) is 17.5 Å². The summed E-state index contributed by atoms with van der Waals surface area (Å²) in [6.07, 6.45) is -3.93. The van der Waals surface area contributed by atoms with Gasteiger partial charge in [0, 0.05) is 19.1 Å². The van der Waals surface area contributed by atoms with E-state index in [-0.39, 0.29) is 23.0 Å². The summed E-state index contributed by atoms with van der Waals surface area (Å²) < 4.78 is 63.6. The van der Waals surface area contributed by atoms with E-state index in [1.807, 2.05) is 0 Å². The molecular formula is C12H15F3N2O2S. The minimum absolute atomic E-state index is 0.0836. The van der Waals surface area contributed by atoms with Crippen molar-refractivity contribution in [3.05, 3.63) is 29.3 Å². The number of halogens is 3. The normalized spacial score (nSPS) is 21.4. The number of benzene rings is 1. The van der Waals surface area contributed by atoms with Gasteiger partial charge in [0.25, 0.3) is 0 Å². The summed E-state index contributed by atoms with van der Waals surface area (Å²) in [6, 6.07) is 2.43. The summed E-state index contributed by atoms with van der Waals surface area (Å²) in [5, 5.41) is 0. The maximum Gasteiger partial charge on any atom is 0.416 e. The van der Waals surface area contributed by atoms with E-state index in [1.54, 1.807) is 0 Å². The monoisotopic (exact) mass is 308 g/mol. The first-order chi connectivity index (χ1) is 9.12. The molecular weight excluding hydrogens is 293 g/mol. The molecule has 112 valence electrons. The molecule has 1 aliphatic heterocycles. The third-order valence-electron chi connectivity index (χ3n) is 3.31. The van der Waals surface area contributed by atoms with E-state index in [9.17, 15) is 21.6 Å². The third kappa shape index (κ3) is 2.82. The van der Waals surface area contributed by atoms with Crippen molar-refractivity contribution in [2.45, 2.75) is 30.5 Å². The Balaban J connectivity index is 2.38. The van der Waals surface area contributed by atoms with Crippen LogP contribution < -0.4 is 5.73 Å². The Morgan fingerprint density at radius 3 is 2.45 bits per heavy atom. The molecule has 2 N–H and O–H groups in total. The summed E-state index contributed by atoms with van der Waals surface area (Å²) in [6.45, 7) is 1.85. The SMILES string of the molecule is Cc1cc(C(F)(F)F)ccc1S(=O)(=O)N1CC[C@H](N)C1. The van der Waals surface area contributed by atoms with Gasteiger partial charge >= 0.3 is 6.18 Å². The molecule has 0 unspecified atom stereocenters. The van der Waals surface area contributed by atoms with Crippen molar-refractivity contribution in [2.24, 2.45) is 5.73 Å². The first-order valence-electron chi connectivity index (χ1n) is 6.06. The second kappa shape index (κ2) is 5.01. The van der Waals surface area contributed by atoms with Gasteiger partial charge in [0.1, 0.15) is 0 Å². The molecule has 1 aromatic carbocycles. The summed E-state index contributed by atoms with van der Waals surface area (Å²) >= 11 is 0. The highest BCUT2D eigenvalue weighted by Crippen LogP contribution is 2.32. The van der Waals surface area contributed by atoms with Crippen LogP contribution in [0.5, 0.6) is 0 Å². The van der Waals surface area contributed by atoms with E-state index >= 15 is 0 Å². The van der Waals surface area contributed by atoms with Crippen LogP contribution in [0.25, 0.3) is 0 Å². The number of alkyl halides is 3. The molecule has 0 spiro atoms. The molecule has 1 atom stereocenters. The number of hydrogen-bond donors (Lipinski definition) is 1. The van der Waals surface area contributed by atoms with Gasteiger partial charge in [-0.25, -0.2) is 8.42 Å². The average molecular weight is 308 g/mol. The zero-order chi connectivity index (χ0) is 15.1. The highest BCUT2D eigenvalue weighted by Gasteiger charge is 2.34. The van der Waals surface area contributed by atoms with Crippen molar-refractivity contribution in [1.29, 1.82) is 0 Å². The van der Waals surface area contributed by atoms with E-state index in [0.717, 1.165) is 18.2 Å². The maximum absolute atomic E-state index is 12.6. The molecule has 1 saturated heterocycles. The Morgan fingerprint density at radius 1 is 1.35 bits per heavy atom. The number of nitrogens with zero attached hydrogens (tertiary/aromatic N) is 1. The van der Waals surface area contributed by atoms with E-state index < -0.39 is 21.8 Å². The first kappa shape index (κ1) is 15.3. The molecule has 0 aliphatic carbocycles. The number of rotatable bonds is 2. The topological polar surface area (TPSA) is 63.4 Å². The highest BCUT2D eigenvalue weighted by atomic mass is 32.2. The molecule has 1 aliphatic rings. The molecule has 0 saturated carbocycles. The van der Waals surface area contributed by atoms with E-state index in [0.29, 0.717) is 13.0 Å². The van der Waals surface area contributed by atoms with E-state index in [1.165, 1.54) is 11.2 Å². The standard InChI is InChI=1S/C12H15F3N2O2S/c1-8-6-9(12(13,14)15)2-3-11(8)20(18,19)17-5-4-10(16)7-17/h2-3,6,10H,4-5,7,16H2,1H3/t10-/m0/s1. The molecule has 1 heterocycles. The van der Waals surface area contributed by atoms with Crippen LogP contribution in [0.4, 0.5) is 13.2 Å². The zero-order valence-electron chi connectivity index (χ0n) is 10.8. The van der Waals surface area contributed by atoms with Gasteiger partial charge in [0.2, 0.25) is 10.0 Å². The fourth-order valence-corrected chi connectivity index (χ4v) is 3.94. The number of aryl methyl sites for hydroxylation is 1. The number of sulfonamides is 1. The zero-order valence-corrected chi connectivity index (χ0v) is 11.6. The second-order valence-corrected chi connectivity index (χ2v) is 6.80. The molecule has 2 rings (SSSR count). The minimum Gasteiger partial charge on any atom is -0.326 e. The molecule has 4 nitrogen and oxygen atoms in total. The van der Waals surface area contributed by atoms with Crippen LogP contribution in [-0.4, -0.2) is 31.9 Å². The summed E-state index contributed by atoms with van der Waals surface area (Å²) in [4.78, 5) is -0.0976. The number of nitrogens with two attached hydrogens (primary N) is 1. The highest BCUT2D eigenvalue weighted by molar-refractivity contribution is 7.89. The smallest absolute Gasteiger partial charge is 0.326 e. The summed E-state index contributed by atoms with van der Waals surface area (Å²) in [5.41, 5.74) is 4.89. The largest absolute Gasteiger partial charge is 0.416 e. The van der Waals surface area contributed by atoms with Crippen LogP contribution in [0, 0.1) is 6.92 Å². The van der Waals surface area contributed by atoms with Crippen molar-refractivity contribution in [3.63, 3.8) is 0 Å². The van der Waals surface area contributed by atoms with Crippen LogP contribution in [0.2, 0.25) is 0 Å².